The van der Waals surface area contributed by atoms with Crippen molar-refractivity contribution in [2.75, 3.05) is 39.6 Å². The molecule has 0 radical (unpaired) electrons. The second-order valence-electron chi connectivity index (χ2n) is 5.35. The van der Waals surface area contributed by atoms with Gasteiger partial charge in [-0.15, -0.1) is 0 Å². The van der Waals surface area contributed by atoms with Gasteiger partial charge in [0, 0.05) is 0 Å². The zero-order valence-electron chi connectivity index (χ0n) is 13.4. The van der Waals surface area contributed by atoms with E-state index in [1.54, 1.807) is 0 Å². The lowest BCUT2D eigenvalue weighted by Gasteiger charge is -2.23. The first-order valence-corrected chi connectivity index (χ1v) is 7.05. The van der Waals surface area contributed by atoms with Crippen molar-refractivity contribution < 1.29 is 33.6 Å². The fourth-order valence-corrected chi connectivity index (χ4v) is 1.35. The van der Waals surface area contributed by atoms with Gasteiger partial charge < -0.3 is 24.1 Å². The topological polar surface area (TPSA) is 104 Å². The van der Waals surface area contributed by atoms with Crippen LogP contribution in [0.2, 0.25) is 0 Å². The molecule has 0 fully saturated rings. The number of hydrogen-bond donors (Lipinski definition) is 1. The third-order valence-electron chi connectivity index (χ3n) is 2.15. The number of carboxylic acids is 1. The Kier molecular flexibility index (Phi) is 11.5. The first kappa shape index (κ1) is 20.7. The Morgan fingerprint density at radius 3 is 2.14 bits per heavy atom. The molecule has 0 saturated heterocycles. The van der Waals surface area contributed by atoms with Crippen LogP contribution >= 0.6 is 0 Å². The molecule has 1 unspecified atom stereocenters. The zero-order chi connectivity index (χ0) is 16.8. The number of aliphatic imine (C=N–C) groups is 1. The van der Waals surface area contributed by atoms with Gasteiger partial charge in [-0.05, 0) is 20.8 Å². The van der Waals surface area contributed by atoms with E-state index in [1.807, 2.05) is 20.8 Å². The van der Waals surface area contributed by atoms with Crippen molar-refractivity contribution >= 4 is 12.0 Å². The fourth-order valence-electron chi connectivity index (χ4n) is 1.35. The number of carbonyl (C=O) groups is 1. The molecule has 0 amide bonds. The minimum atomic E-state index is -0.890. The third-order valence-corrected chi connectivity index (χ3v) is 2.15. The minimum absolute atomic E-state index is 0.0183. The first-order valence-electron chi connectivity index (χ1n) is 7.05. The Labute approximate surface area is 130 Å². The van der Waals surface area contributed by atoms with Crippen molar-refractivity contribution in [3.63, 3.8) is 0 Å². The molecule has 0 aromatic rings. The van der Waals surface area contributed by atoms with Crippen LogP contribution in [0.5, 0.6) is 0 Å². The van der Waals surface area contributed by atoms with Gasteiger partial charge in [0.25, 0.3) is 0 Å². The highest BCUT2D eigenvalue weighted by atomic mass is 16.6. The van der Waals surface area contributed by atoms with Crippen molar-refractivity contribution in [1.29, 1.82) is 0 Å². The van der Waals surface area contributed by atoms with E-state index in [1.165, 1.54) is 6.08 Å². The molecule has 0 aliphatic heterocycles. The van der Waals surface area contributed by atoms with Crippen LogP contribution in [0, 0.1) is 0 Å². The van der Waals surface area contributed by atoms with Crippen LogP contribution in [0.3, 0.4) is 0 Å². The molecular weight excluding hydrogens is 294 g/mol. The van der Waals surface area contributed by atoms with Crippen molar-refractivity contribution in [3.05, 3.63) is 0 Å². The normalized spacial score (nSPS) is 12.7. The largest absolute Gasteiger partial charge is 0.481 e. The Balaban J connectivity index is 3.54. The summed E-state index contributed by atoms with van der Waals surface area (Å²) in [5.41, 5.74) is -0.432. The smallest absolute Gasteiger partial charge is 0.305 e. The summed E-state index contributed by atoms with van der Waals surface area (Å²) in [5.74, 6) is -0.890. The first-order chi connectivity index (χ1) is 10.3. The summed E-state index contributed by atoms with van der Waals surface area (Å²) in [7, 11) is 0. The van der Waals surface area contributed by atoms with Gasteiger partial charge in [0.05, 0.1) is 51.7 Å². The molecule has 8 heteroatoms. The number of carbonyl (C=O) groups excluding carboxylic acids is 1. The third kappa shape index (κ3) is 15.1. The van der Waals surface area contributed by atoms with E-state index in [-0.39, 0.29) is 19.6 Å². The van der Waals surface area contributed by atoms with Crippen molar-refractivity contribution in [1.82, 2.24) is 0 Å². The van der Waals surface area contributed by atoms with E-state index in [2.05, 4.69) is 4.99 Å². The highest BCUT2D eigenvalue weighted by molar-refractivity contribution is 5.66. The number of isocyanates is 1. The fraction of sp³-hybridized carbons (Fsp3) is 0.857. The molecule has 0 saturated carbocycles. The summed E-state index contributed by atoms with van der Waals surface area (Å²) in [5, 5.41) is 8.40. The van der Waals surface area contributed by atoms with Crippen LogP contribution < -0.4 is 0 Å². The molecular formula is C14H25NO7. The Morgan fingerprint density at radius 1 is 1.09 bits per heavy atom. The van der Waals surface area contributed by atoms with E-state index in [4.69, 9.17) is 24.1 Å². The van der Waals surface area contributed by atoms with E-state index in [9.17, 15) is 9.59 Å². The highest BCUT2D eigenvalue weighted by Crippen LogP contribution is 2.11. The average Bonchev–Trinajstić information content (AvgIpc) is 2.39. The Hall–Kier alpha value is -1.31. The predicted molar refractivity (Wildman–Crippen MR) is 77.5 cm³/mol. The summed E-state index contributed by atoms with van der Waals surface area (Å²) in [4.78, 5) is 24.1. The van der Waals surface area contributed by atoms with Crippen molar-refractivity contribution in [2.24, 2.45) is 4.99 Å². The van der Waals surface area contributed by atoms with Crippen LogP contribution in [0.15, 0.2) is 4.99 Å². The van der Waals surface area contributed by atoms with Crippen molar-refractivity contribution in [2.45, 2.75) is 39.0 Å². The van der Waals surface area contributed by atoms with E-state index in [0.717, 1.165) is 0 Å². The minimum Gasteiger partial charge on any atom is -0.481 e. The van der Waals surface area contributed by atoms with E-state index in [0.29, 0.717) is 26.4 Å². The molecule has 0 rings (SSSR count). The molecule has 0 aliphatic rings. The SMILES string of the molecule is CC(C)(C)OC(COCCOCCOCCC(=O)O)N=C=O. The monoisotopic (exact) mass is 319 g/mol. The van der Waals surface area contributed by atoms with Crippen LogP contribution in [0.25, 0.3) is 0 Å². The molecule has 0 spiro atoms. The van der Waals surface area contributed by atoms with Gasteiger partial charge in [0.2, 0.25) is 6.08 Å². The number of rotatable bonds is 13. The summed E-state index contributed by atoms with van der Waals surface area (Å²) >= 11 is 0. The maximum absolute atomic E-state index is 10.3. The maximum Gasteiger partial charge on any atom is 0.305 e. The molecule has 22 heavy (non-hydrogen) atoms. The van der Waals surface area contributed by atoms with E-state index >= 15 is 0 Å². The molecule has 0 aliphatic carbocycles. The van der Waals surface area contributed by atoms with Gasteiger partial charge in [-0.2, -0.15) is 4.99 Å². The van der Waals surface area contributed by atoms with Crippen LogP contribution in [-0.4, -0.2) is 68.6 Å². The molecule has 0 aromatic carbocycles. The highest BCUT2D eigenvalue weighted by Gasteiger charge is 2.18. The lowest BCUT2D eigenvalue weighted by atomic mass is 10.2. The lowest BCUT2D eigenvalue weighted by molar-refractivity contribution is -0.138. The number of aliphatic carboxylic acids is 1. The quantitative estimate of drug-likeness (QED) is 0.307. The predicted octanol–water partition coefficient (Wildman–Crippen LogP) is 0.988. The second-order valence-corrected chi connectivity index (χ2v) is 5.35. The molecule has 8 nitrogen and oxygen atoms in total. The van der Waals surface area contributed by atoms with Gasteiger partial charge in [-0.3, -0.25) is 4.79 Å². The number of hydrogen-bond acceptors (Lipinski definition) is 7. The van der Waals surface area contributed by atoms with Gasteiger partial charge in [-0.25, -0.2) is 4.79 Å². The van der Waals surface area contributed by atoms with Crippen LogP contribution in [0.1, 0.15) is 27.2 Å². The maximum atomic E-state index is 10.3. The molecule has 0 aromatic heterocycles. The molecule has 128 valence electrons. The molecule has 0 heterocycles. The number of nitrogens with zero attached hydrogens (tertiary/aromatic N) is 1. The average molecular weight is 319 g/mol. The summed E-state index contributed by atoms with van der Waals surface area (Å²) in [6, 6.07) is 0. The number of carboxylic acid groups (broad SMARTS) is 1. The molecule has 0 bridgehead atoms. The molecule has 1 atom stereocenters. The molecule has 1 N–H and O–H groups in total. The second kappa shape index (κ2) is 12.3. The van der Waals surface area contributed by atoms with E-state index < -0.39 is 17.8 Å². The van der Waals surface area contributed by atoms with Gasteiger partial charge >= 0.3 is 5.97 Å². The summed E-state index contributed by atoms with van der Waals surface area (Å²) < 4.78 is 21.1. The van der Waals surface area contributed by atoms with Gasteiger partial charge in [0.15, 0.2) is 6.23 Å². The Morgan fingerprint density at radius 2 is 1.64 bits per heavy atom. The standard InChI is InChI=1S/C14H25NO7/c1-14(2,3)22-12(15-11-16)10-21-9-8-20-7-6-19-5-4-13(17)18/h12H,4-10H2,1-3H3,(H,17,18). The lowest BCUT2D eigenvalue weighted by Crippen LogP contribution is -2.29. The van der Waals surface area contributed by atoms with Crippen molar-refractivity contribution in [3.8, 4) is 0 Å². The van der Waals surface area contributed by atoms with Crippen LogP contribution in [0.4, 0.5) is 0 Å². The van der Waals surface area contributed by atoms with Crippen LogP contribution in [-0.2, 0) is 28.5 Å². The van der Waals surface area contributed by atoms with Gasteiger partial charge in [-0.1, -0.05) is 0 Å². The summed E-state index contributed by atoms with van der Waals surface area (Å²) in [6.45, 7) is 7.25. The zero-order valence-corrected chi connectivity index (χ0v) is 13.4. The number of ether oxygens (including phenoxy) is 4. The summed E-state index contributed by atoms with van der Waals surface area (Å²) in [6.07, 6.45) is 0.758. The Bertz CT molecular complexity index is 348. The van der Waals surface area contributed by atoms with Gasteiger partial charge in [0.1, 0.15) is 0 Å².